The second-order valence-electron chi connectivity index (χ2n) is 18.1. The van der Waals surface area contributed by atoms with Crippen LogP contribution in [0.2, 0.25) is 33.2 Å². The molecule has 0 radical (unpaired) electrons. The zero-order valence-corrected chi connectivity index (χ0v) is 37.0. The summed E-state index contributed by atoms with van der Waals surface area (Å²) in [5, 5.41) is 0. The lowest BCUT2D eigenvalue weighted by atomic mass is 9.94. The molecule has 1 aromatic heterocycles. The minimum Gasteiger partial charge on any atom is -0.443 e. The number of aromatic nitrogens is 1. The van der Waals surface area contributed by atoms with Crippen LogP contribution in [0, 0.1) is 0 Å². The fourth-order valence-electron chi connectivity index (χ4n) is 8.50. The van der Waals surface area contributed by atoms with Gasteiger partial charge in [-0.15, -0.1) is 0 Å². The van der Waals surface area contributed by atoms with Crippen LogP contribution in [-0.2, 0) is 27.9 Å². The number of ether oxygens (including phenoxy) is 3. The molecule has 2 rings (SSSR count). The van der Waals surface area contributed by atoms with Gasteiger partial charge in [0.15, 0.2) is 6.29 Å². The number of carbonyl (C=O) groups is 3. The molecular weight excluding hydrogens is 681 g/mol. The van der Waals surface area contributed by atoms with Gasteiger partial charge in [-0.25, -0.2) is 9.59 Å². The smallest absolute Gasteiger partial charge is 0.424 e. The molecule has 1 aliphatic heterocycles. The molecule has 0 aliphatic carbocycles. The first kappa shape index (κ1) is 45.0. The molecule has 4 atom stereocenters. The van der Waals surface area contributed by atoms with Crippen molar-refractivity contribution < 1.29 is 37.4 Å². The van der Waals surface area contributed by atoms with Crippen LogP contribution in [0.5, 0.6) is 0 Å². The molecule has 0 saturated carbocycles. The van der Waals surface area contributed by atoms with Crippen molar-refractivity contribution in [2.75, 3.05) is 4.90 Å². The van der Waals surface area contributed by atoms with Crippen LogP contribution >= 0.6 is 0 Å². The number of pyridine rings is 1. The first-order valence-corrected chi connectivity index (χ1v) is 23.2. The molecule has 0 unspecified atom stereocenters. The Balaban J connectivity index is 2.88. The van der Waals surface area contributed by atoms with Crippen molar-refractivity contribution >= 4 is 40.8 Å². The van der Waals surface area contributed by atoms with E-state index in [9.17, 15) is 14.4 Å². The summed E-state index contributed by atoms with van der Waals surface area (Å²) in [5.41, 5.74) is 0.510. The van der Waals surface area contributed by atoms with Gasteiger partial charge in [-0.2, -0.15) is 4.90 Å². The minimum atomic E-state index is -2.52. The number of rotatable bonds is 13. The maximum absolute atomic E-state index is 13.8. The van der Waals surface area contributed by atoms with Crippen molar-refractivity contribution in [1.29, 1.82) is 0 Å². The van der Waals surface area contributed by atoms with Crippen LogP contribution in [0.15, 0.2) is 18.5 Å². The van der Waals surface area contributed by atoms with Crippen LogP contribution in [0.25, 0.3) is 0 Å². The van der Waals surface area contributed by atoms with Crippen molar-refractivity contribution in [3.8, 4) is 0 Å². The predicted octanol–water partition coefficient (Wildman–Crippen LogP) is 10.9. The molecule has 0 N–H and O–H groups in total. The van der Waals surface area contributed by atoms with Crippen LogP contribution in [0.3, 0.4) is 0 Å². The lowest BCUT2D eigenvalue weighted by Gasteiger charge is -2.52. The first-order valence-electron chi connectivity index (χ1n) is 18.9. The normalized spacial score (nSPS) is 20.9. The third-order valence-electron chi connectivity index (χ3n) is 10.3. The number of anilines is 1. The fourth-order valence-corrected chi connectivity index (χ4v) is 19.6. The summed E-state index contributed by atoms with van der Waals surface area (Å²) in [6, 6.07) is 1.72. The van der Waals surface area contributed by atoms with Crippen molar-refractivity contribution in [3.63, 3.8) is 0 Å². The van der Waals surface area contributed by atoms with E-state index in [4.69, 9.17) is 23.1 Å². The molecule has 0 aromatic carbocycles. The largest absolute Gasteiger partial charge is 0.443 e. The molecule has 12 heteroatoms. The highest BCUT2D eigenvalue weighted by atomic mass is 28.4. The molecule has 51 heavy (non-hydrogen) atoms. The summed E-state index contributed by atoms with van der Waals surface area (Å²) in [6.07, 6.45) is -0.483. The molecular formula is C39H70N2O8Si2. The van der Waals surface area contributed by atoms with Crippen molar-refractivity contribution in [1.82, 2.24) is 4.98 Å². The highest BCUT2D eigenvalue weighted by molar-refractivity contribution is 6.78. The summed E-state index contributed by atoms with van der Waals surface area (Å²) in [6.45, 7) is 37.2. The van der Waals surface area contributed by atoms with E-state index >= 15 is 0 Å². The Morgan fingerprint density at radius 2 is 1.18 bits per heavy atom. The third-order valence-corrected chi connectivity index (χ3v) is 22.5. The zero-order valence-electron chi connectivity index (χ0n) is 35.0. The topological polar surface area (TPSA) is 113 Å². The summed E-state index contributed by atoms with van der Waals surface area (Å²) in [4.78, 5) is 45.9. The van der Waals surface area contributed by atoms with Gasteiger partial charge in [-0.1, -0.05) is 83.1 Å². The molecule has 10 nitrogen and oxygen atoms in total. The average Bonchev–Trinajstić information content (AvgIpc) is 2.96. The van der Waals surface area contributed by atoms with E-state index in [1.807, 2.05) is 0 Å². The third kappa shape index (κ3) is 10.3. The Morgan fingerprint density at radius 1 is 0.765 bits per heavy atom. The molecule has 0 spiro atoms. The van der Waals surface area contributed by atoms with Gasteiger partial charge < -0.3 is 27.9 Å². The lowest BCUT2D eigenvalue weighted by molar-refractivity contribution is -0.166. The SMILES string of the molecule is CC(C)[Si](O[C@@H]1[C@@H](C=O)O[C@@H](c2ccncc2N(C(=O)OC(C)(C)C)C(=O)OC(C)(C)C)C[C@H]1O[Si](C(C)C)(C(C)C)C(C)C)(C(C)C)C(C)C. The fraction of sp³-hybridized carbons (Fsp3) is 0.795. The molecule has 1 saturated heterocycles. The Kier molecular flexibility index (Phi) is 15.3. The van der Waals surface area contributed by atoms with Gasteiger partial charge in [0, 0.05) is 18.2 Å². The molecule has 292 valence electrons. The van der Waals surface area contributed by atoms with Gasteiger partial charge in [-0.05, 0) is 80.9 Å². The summed E-state index contributed by atoms with van der Waals surface area (Å²) < 4.78 is 33.1. The van der Waals surface area contributed by atoms with Crippen LogP contribution in [0.4, 0.5) is 15.3 Å². The van der Waals surface area contributed by atoms with E-state index in [0.29, 0.717) is 12.0 Å². The maximum Gasteiger partial charge on any atom is 0.424 e. The maximum atomic E-state index is 13.8. The van der Waals surface area contributed by atoms with Crippen LogP contribution < -0.4 is 4.90 Å². The van der Waals surface area contributed by atoms with Gasteiger partial charge >= 0.3 is 12.2 Å². The van der Waals surface area contributed by atoms with Gasteiger partial charge in [-0.3, -0.25) is 4.98 Å². The molecule has 1 aliphatic rings. The Morgan fingerprint density at radius 3 is 1.55 bits per heavy atom. The van der Waals surface area contributed by atoms with Crippen molar-refractivity contribution in [2.24, 2.45) is 0 Å². The van der Waals surface area contributed by atoms with E-state index in [1.165, 1.54) is 6.20 Å². The van der Waals surface area contributed by atoms with E-state index in [2.05, 4.69) is 88.1 Å². The number of hydrogen-bond acceptors (Lipinski definition) is 9. The molecule has 1 aromatic rings. The molecule has 0 bridgehead atoms. The van der Waals surface area contributed by atoms with Crippen LogP contribution in [0.1, 0.15) is 143 Å². The highest BCUT2D eigenvalue weighted by Gasteiger charge is 2.55. The standard InChI is InChI=1S/C39H70N2O8Si2/c1-24(2)50(25(3)4,26(5)6)48-33-21-32(45-34(23-42)35(33)49-51(27(7)8,28(9)10)29(11)12)30-19-20-40-22-31(30)41(36(43)46-38(13,14)15)37(44)47-39(16,17)18/h19-20,22-29,32-35H,21H2,1-18H3/t32-,33-,34-,35+/m1/s1. The van der Waals surface area contributed by atoms with E-state index in [1.54, 1.807) is 53.8 Å². The van der Waals surface area contributed by atoms with E-state index < -0.39 is 64.4 Å². The summed E-state index contributed by atoms with van der Waals surface area (Å²) in [7, 11) is -5.04. The number of amides is 2. The second-order valence-corrected chi connectivity index (χ2v) is 28.9. The van der Waals surface area contributed by atoms with Gasteiger partial charge in [0.2, 0.25) is 16.6 Å². The Labute approximate surface area is 311 Å². The zero-order chi connectivity index (χ0) is 39.4. The number of aldehydes is 1. The quantitative estimate of drug-likeness (QED) is 0.144. The van der Waals surface area contributed by atoms with Crippen molar-refractivity contribution in [3.05, 3.63) is 24.0 Å². The summed E-state index contributed by atoms with van der Waals surface area (Å²) in [5.74, 6) is 0. The lowest BCUT2D eigenvalue weighted by Crippen LogP contribution is -2.61. The number of nitrogens with zero attached hydrogens (tertiary/aromatic N) is 2. The number of carbonyl (C=O) groups excluding carboxylic acids is 3. The van der Waals surface area contributed by atoms with E-state index in [0.717, 1.165) is 11.2 Å². The first-order chi connectivity index (χ1) is 23.3. The molecule has 1 fully saturated rings. The van der Waals surface area contributed by atoms with Gasteiger partial charge in [0.05, 0.1) is 24.1 Å². The molecule has 2 heterocycles. The van der Waals surface area contributed by atoms with Gasteiger partial charge in [0.25, 0.3) is 0 Å². The van der Waals surface area contributed by atoms with Gasteiger partial charge in [0.1, 0.15) is 23.4 Å². The number of imide groups is 1. The highest BCUT2D eigenvalue weighted by Crippen LogP contribution is 2.50. The number of hydrogen-bond donors (Lipinski definition) is 0. The average molecular weight is 751 g/mol. The Bertz CT molecular complexity index is 1250. The Hall–Kier alpha value is -2.13. The summed E-state index contributed by atoms with van der Waals surface area (Å²) >= 11 is 0. The molecule has 2 amide bonds. The van der Waals surface area contributed by atoms with Crippen LogP contribution in [-0.4, -0.2) is 69.6 Å². The van der Waals surface area contributed by atoms with E-state index in [-0.39, 0.29) is 38.9 Å². The van der Waals surface area contributed by atoms with Crippen molar-refractivity contribution in [2.45, 2.75) is 200 Å². The predicted molar refractivity (Wildman–Crippen MR) is 209 cm³/mol. The second kappa shape index (κ2) is 17.3. The minimum absolute atomic E-state index is 0.157. The monoisotopic (exact) mass is 750 g/mol.